The van der Waals surface area contributed by atoms with E-state index in [0.29, 0.717) is 0 Å². The molecule has 0 aliphatic heterocycles. The zero-order chi connectivity index (χ0) is 15.3. The monoisotopic (exact) mass is 286 g/mol. The van der Waals surface area contributed by atoms with Crippen molar-refractivity contribution in [3.8, 4) is 0 Å². The lowest BCUT2D eigenvalue weighted by atomic mass is 9.99. The molecule has 0 fully saturated rings. The van der Waals surface area contributed by atoms with Gasteiger partial charge in [-0.25, -0.2) is 0 Å². The van der Waals surface area contributed by atoms with E-state index in [2.05, 4.69) is 0 Å². The van der Waals surface area contributed by atoms with Gasteiger partial charge in [0, 0.05) is 0 Å². The number of rotatable bonds is 5. The summed E-state index contributed by atoms with van der Waals surface area (Å²) in [5.41, 5.74) is -0.936. The van der Waals surface area contributed by atoms with Gasteiger partial charge in [0.2, 0.25) is 0 Å². The normalized spacial score (nSPS) is 12.3. The van der Waals surface area contributed by atoms with E-state index in [1.807, 2.05) is 0 Å². The second-order valence-electron chi connectivity index (χ2n) is 4.10. The second-order valence-corrected chi connectivity index (χ2v) is 4.10. The molecule has 0 amide bonds. The molecule has 0 unspecified atom stereocenters. The SMILES string of the molecule is CCC(=Cc1ccccc1C(F)(F)F)C(=O)CC(=O)O. The van der Waals surface area contributed by atoms with E-state index in [-0.39, 0.29) is 17.6 Å². The number of benzene rings is 1. The molecule has 0 aliphatic rings. The van der Waals surface area contributed by atoms with Crippen LogP contribution in [0.1, 0.15) is 30.9 Å². The molecule has 1 rings (SSSR count). The van der Waals surface area contributed by atoms with Crippen LogP contribution in [0.25, 0.3) is 6.08 Å². The van der Waals surface area contributed by atoms with Crippen molar-refractivity contribution in [3.05, 3.63) is 41.0 Å². The fourth-order valence-electron chi connectivity index (χ4n) is 1.70. The molecule has 0 heterocycles. The number of allylic oxidation sites excluding steroid dienone is 1. The summed E-state index contributed by atoms with van der Waals surface area (Å²) in [6, 6.07) is 4.84. The molecular weight excluding hydrogens is 273 g/mol. The first-order chi connectivity index (χ1) is 9.25. The van der Waals surface area contributed by atoms with Crippen LogP contribution in [-0.2, 0) is 15.8 Å². The maximum atomic E-state index is 12.8. The molecular formula is C14H13F3O3. The Morgan fingerprint density at radius 1 is 1.25 bits per heavy atom. The van der Waals surface area contributed by atoms with Crippen LogP contribution in [0.3, 0.4) is 0 Å². The van der Waals surface area contributed by atoms with Crippen molar-refractivity contribution in [2.75, 3.05) is 0 Å². The lowest BCUT2D eigenvalue weighted by molar-refractivity contribution is -0.140. The van der Waals surface area contributed by atoms with Gasteiger partial charge >= 0.3 is 12.1 Å². The molecule has 1 N–H and O–H groups in total. The number of hydrogen-bond acceptors (Lipinski definition) is 2. The number of Topliss-reactive ketones (excluding diaryl/α,β-unsaturated/α-hetero) is 1. The molecule has 0 aliphatic carbocycles. The predicted octanol–water partition coefficient (Wildman–Crippen LogP) is 3.54. The van der Waals surface area contributed by atoms with Gasteiger partial charge in [0.15, 0.2) is 5.78 Å². The van der Waals surface area contributed by atoms with E-state index < -0.39 is 29.9 Å². The van der Waals surface area contributed by atoms with Crippen LogP contribution in [0.5, 0.6) is 0 Å². The highest BCUT2D eigenvalue weighted by Crippen LogP contribution is 2.33. The number of alkyl halides is 3. The van der Waals surface area contributed by atoms with Gasteiger partial charge in [0.1, 0.15) is 6.42 Å². The van der Waals surface area contributed by atoms with Crippen molar-refractivity contribution in [2.45, 2.75) is 25.9 Å². The van der Waals surface area contributed by atoms with E-state index >= 15 is 0 Å². The van der Waals surface area contributed by atoms with E-state index in [4.69, 9.17) is 5.11 Å². The first kappa shape index (κ1) is 15.9. The van der Waals surface area contributed by atoms with Crippen LogP contribution < -0.4 is 0 Å². The Hall–Kier alpha value is -2.11. The van der Waals surface area contributed by atoms with Crippen molar-refractivity contribution in [3.63, 3.8) is 0 Å². The summed E-state index contributed by atoms with van der Waals surface area (Å²) in [5, 5.41) is 8.55. The summed E-state index contributed by atoms with van der Waals surface area (Å²) in [6.07, 6.45) is -3.98. The molecule has 0 saturated heterocycles. The van der Waals surface area contributed by atoms with Crippen LogP contribution in [0.4, 0.5) is 13.2 Å². The van der Waals surface area contributed by atoms with E-state index in [1.54, 1.807) is 6.92 Å². The Bertz CT molecular complexity index is 545. The lowest BCUT2D eigenvalue weighted by Gasteiger charge is -2.11. The number of carboxylic acids is 1. The molecule has 1 aromatic carbocycles. The molecule has 0 atom stereocenters. The largest absolute Gasteiger partial charge is 0.481 e. The summed E-state index contributed by atoms with van der Waals surface area (Å²) in [6.45, 7) is 1.59. The number of carbonyl (C=O) groups is 2. The van der Waals surface area contributed by atoms with Gasteiger partial charge in [0.25, 0.3) is 0 Å². The lowest BCUT2D eigenvalue weighted by Crippen LogP contribution is -2.10. The molecule has 108 valence electrons. The maximum absolute atomic E-state index is 12.8. The minimum absolute atomic E-state index is 0.0594. The number of halogens is 3. The van der Waals surface area contributed by atoms with Crippen molar-refractivity contribution in [1.82, 2.24) is 0 Å². The molecule has 0 radical (unpaired) electrons. The first-order valence-corrected chi connectivity index (χ1v) is 5.87. The van der Waals surface area contributed by atoms with Crippen LogP contribution >= 0.6 is 0 Å². The van der Waals surface area contributed by atoms with Crippen molar-refractivity contribution < 1.29 is 27.9 Å². The van der Waals surface area contributed by atoms with E-state index in [0.717, 1.165) is 12.1 Å². The molecule has 0 aromatic heterocycles. The smallest absolute Gasteiger partial charge is 0.416 e. The zero-order valence-electron chi connectivity index (χ0n) is 10.7. The summed E-state index contributed by atoms with van der Waals surface area (Å²) in [4.78, 5) is 22.1. The molecule has 0 spiro atoms. The highest BCUT2D eigenvalue weighted by Gasteiger charge is 2.32. The Balaban J connectivity index is 3.20. The summed E-state index contributed by atoms with van der Waals surface area (Å²) in [5.74, 6) is -1.99. The third kappa shape index (κ3) is 4.22. The molecule has 3 nitrogen and oxygen atoms in total. The highest BCUT2D eigenvalue weighted by atomic mass is 19.4. The summed E-state index contributed by atoms with van der Waals surface area (Å²) >= 11 is 0. The number of carboxylic acid groups (broad SMARTS) is 1. The van der Waals surface area contributed by atoms with Crippen molar-refractivity contribution >= 4 is 17.8 Å². The van der Waals surface area contributed by atoms with Crippen molar-refractivity contribution in [1.29, 1.82) is 0 Å². The summed E-state index contributed by atoms with van der Waals surface area (Å²) < 4.78 is 38.4. The highest BCUT2D eigenvalue weighted by molar-refractivity contribution is 6.07. The van der Waals surface area contributed by atoms with Crippen LogP contribution in [0.15, 0.2) is 29.8 Å². The Labute approximate surface area is 113 Å². The standard InChI is InChI=1S/C14H13F3O3/c1-2-9(12(18)8-13(19)20)7-10-5-3-4-6-11(10)14(15,16)17/h3-7H,2,8H2,1H3,(H,19,20). The fourth-order valence-corrected chi connectivity index (χ4v) is 1.70. The Morgan fingerprint density at radius 2 is 1.85 bits per heavy atom. The number of aliphatic carboxylic acids is 1. The number of ketones is 1. The molecule has 1 aromatic rings. The molecule has 6 heteroatoms. The molecule has 0 bridgehead atoms. The number of hydrogen-bond donors (Lipinski definition) is 1. The van der Waals surface area contributed by atoms with Gasteiger partial charge in [-0.1, -0.05) is 25.1 Å². The van der Waals surface area contributed by atoms with Gasteiger partial charge in [0.05, 0.1) is 5.56 Å². The molecule has 0 saturated carbocycles. The third-order valence-corrected chi connectivity index (χ3v) is 2.65. The Kier molecular flexibility index (Phi) is 5.07. The second kappa shape index (κ2) is 6.36. The predicted molar refractivity (Wildman–Crippen MR) is 67.0 cm³/mol. The fraction of sp³-hybridized carbons (Fsp3) is 0.286. The maximum Gasteiger partial charge on any atom is 0.416 e. The topological polar surface area (TPSA) is 54.4 Å². The van der Waals surface area contributed by atoms with Crippen molar-refractivity contribution in [2.24, 2.45) is 0 Å². The van der Waals surface area contributed by atoms with Gasteiger partial charge in [-0.3, -0.25) is 9.59 Å². The van der Waals surface area contributed by atoms with Crippen LogP contribution in [-0.4, -0.2) is 16.9 Å². The average Bonchev–Trinajstić information content (AvgIpc) is 2.34. The number of carbonyl (C=O) groups excluding carboxylic acids is 1. The summed E-state index contributed by atoms with van der Waals surface area (Å²) in [7, 11) is 0. The first-order valence-electron chi connectivity index (χ1n) is 5.87. The molecule has 20 heavy (non-hydrogen) atoms. The van der Waals surface area contributed by atoms with E-state index in [1.165, 1.54) is 18.2 Å². The quantitative estimate of drug-likeness (QED) is 0.665. The Morgan fingerprint density at radius 3 is 2.35 bits per heavy atom. The van der Waals surface area contributed by atoms with E-state index in [9.17, 15) is 22.8 Å². The van der Waals surface area contributed by atoms with Gasteiger partial charge in [-0.05, 0) is 29.7 Å². The van der Waals surface area contributed by atoms with Gasteiger partial charge in [-0.2, -0.15) is 13.2 Å². The minimum atomic E-state index is -4.53. The third-order valence-electron chi connectivity index (χ3n) is 2.65. The van der Waals surface area contributed by atoms with Crippen LogP contribution in [0, 0.1) is 0 Å². The average molecular weight is 286 g/mol. The van der Waals surface area contributed by atoms with Gasteiger partial charge < -0.3 is 5.11 Å². The van der Waals surface area contributed by atoms with Gasteiger partial charge in [-0.15, -0.1) is 0 Å². The minimum Gasteiger partial charge on any atom is -0.481 e. The van der Waals surface area contributed by atoms with Crippen LogP contribution in [0.2, 0.25) is 0 Å². The zero-order valence-corrected chi connectivity index (χ0v) is 10.7.